The van der Waals surface area contributed by atoms with E-state index in [4.69, 9.17) is 9.15 Å². The molecule has 2 heterocycles. The Bertz CT molecular complexity index is 1550. The lowest BCUT2D eigenvalue weighted by Gasteiger charge is -2.22. The van der Waals surface area contributed by atoms with Gasteiger partial charge in [0.25, 0.3) is 5.91 Å². The van der Waals surface area contributed by atoms with Gasteiger partial charge in [-0.05, 0) is 116 Å². The molecule has 0 spiro atoms. The van der Waals surface area contributed by atoms with Crippen molar-refractivity contribution < 1.29 is 23.1 Å². The Morgan fingerprint density at radius 3 is 2.45 bits per heavy atom. The van der Waals surface area contributed by atoms with Gasteiger partial charge in [-0.15, -0.1) is 0 Å². The highest BCUT2D eigenvalue weighted by atomic mass is 19.1. The molecule has 0 aliphatic carbocycles. The van der Waals surface area contributed by atoms with Gasteiger partial charge < -0.3 is 19.8 Å². The van der Waals surface area contributed by atoms with Crippen LogP contribution in [-0.4, -0.2) is 38.4 Å². The largest absolute Gasteiger partial charge is 0.494 e. The van der Waals surface area contributed by atoms with E-state index in [0.717, 1.165) is 49.9 Å². The molecule has 0 radical (unpaired) electrons. The number of carbonyl (C=O) groups is 2. The highest BCUT2D eigenvalue weighted by Gasteiger charge is 2.22. The van der Waals surface area contributed by atoms with Gasteiger partial charge in [0, 0.05) is 30.0 Å². The number of ketones is 1. The molecule has 1 aliphatic rings. The van der Waals surface area contributed by atoms with Crippen molar-refractivity contribution in [3.63, 3.8) is 0 Å². The summed E-state index contributed by atoms with van der Waals surface area (Å²) in [6.45, 7) is 6.92. The van der Waals surface area contributed by atoms with Crippen molar-refractivity contribution in [1.82, 2.24) is 10.6 Å². The summed E-state index contributed by atoms with van der Waals surface area (Å²) in [5.41, 5.74) is 3.81. The van der Waals surface area contributed by atoms with Crippen LogP contribution in [0, 0.1) is 17.7 Å². The minimum Gasteiger partial charge on any atom is -0.494 e. The van der Waals surface area contributed by atoms with Gasteiger partial charge in [-0.2, -0.15) is 0 Å². The fraction of sp³-hybridized carbons (Fsp3) is 0.371. The fourth-order valence-corrected chi connectivity index (χ4v) is 5.52. The van der Waals surface area contributed by atoms with Crippen LogP contribution in [0.4, 0.5) is 4.39 Å². The summed E-state index contributed by atoms with van der Waals surface area (Å²) in [4.78, 5) is 26.3. The highest BCUT2D eigenvalue weighted by molar-refractivity contribution is 6.12. The van der Waals surface area contributed by atoms with Crippen molar-refractivity contribution in [2.45, 2.75) is 46.0 Å². The smallest absolute Gasteiger partial charge is 0.255 e. The molecule has 1 aliphatic heterocycles. The van der Waals surface area contributed by atoms with Gasteiger partial charge in [-0.1, -0.05) is 19.9 Å². The molecule has 2 N–H and O–H groups in total. The topological polar surface area (TPSA) is 80.6 Å². The predicted molar refractivity (Wildman–Crippen MR) is 165 cm³/mol. The summed E-state index contributed by atoms with van der Waals surface area (Å²) >= 11 is 0. The summed E-state index contributed by atoms with van der Waals surface area (Å²) < 4.78 is 26.0. The van der Waals surface area contributed by atoms with Crippen molar-refractivity contribution >= 4 is 22.7 Å². The zero-order chi connectivity index (χ0) is 29.6. The summed E-state index contributed by atoms with van der Waals surface area (Å²) in [5.74, 6) is 1.53. The number of nitrogens with one attached hydrogen (secondary N) is 2. The molecule has 5 rings (SSSR count). The third-order valence-electron chi connectivity index (χ3n) is 8.01. The first-order chi connectivity index (χ1) is 20.3. The van der Waals surface area contributed by atoms with Gasteiger partial charge >= 0.3 is 0 Å². The van der Waals surface area contributed by atoms with E-state index in [2.05, 4.69) is 24.5 Å². The minimum absolute atomic E-state index is 0.0859. The fourth-order valence-electron chi connectivity index (χ4n) is 5.52. The Labute approximate surface area is 246 Å². The summed E-state index contributed by atoms with van der Waals surface area (Å²) in [7, 11) is 1.57. The number of amides is 1. The standard InChI is InChI=1S/C35H39FN2O4/c1-22(2)4-10-31(39)27-18-26(19-29(20-27)41-17-14-23-12-15-38-16-13-23)25-7-11-32-30(21-25)33(35(40)37-3)34(42-32)24-5-8-28(36)9-6-24/h5-9,11,18-23,38H,4,10,12-17H2,1-3H3,(H,37,40). The van der Waals surface area contributed by atoms with E-state index >= 15 is 0 Å². The zero-order valence-electron chi connectivity index (χ0n) is 24.6. The lowest BCUT2D eigenvalue weighted by Crippen LogP contribution is -2.28. The molecule has 1 amide bonds. The molecule has 4 aromatic rings. The molecule has 6 nitrogen and oxygen atoms in total. The number of hydrogen-bond donors (Lipinski definition) is 2. The average Bonchev–Trinajstić information content (AvgIpc) is 3.39. The van der Waals surface area contributed by atoms with Crippen LogP contribution in [0.5, 0.6) is 5.75 Å². The van der Waals surface area contributed by atoms with E-state index < -0.39 is 0 Å². The maximum atomic E-state index is 13.6. The number of Topliss-reactive ketones (excluding diaryl/α,β-unsaturated/α-hetero) is 1. The van der Waals surface area contributed by atoms with Crippen LogP contribution < -0.4 is 15.4 Å². The van der Waals surface area contributed by atoms with Crippen LogP contribution in [0.2, 0.25) is 0 Å². The number of benzene rings is 3. The zero-order valence-corrected chi connectivity index (χ0v) is 24.6. The van der Waals surface area contributed by atoms with Gasteiger partial charge in [0.1, 0.15) is 22.9 Å². The van der Waals surface area contributed by atoms with Crippen molar-refractivity contribution in [3.8, 4) is 28.2 Å². The molecule has 7 heteroatoms. The maximum Gasteiger partial charge on any atom is 0.255 e. The Morgan fingerprint density at radius 1 is 1.00 bits per heavy atom. The number of furan rings is 1. The van der Waals surface area contributed by atoms with Gasteiger partial charge in [-0.3, -0.25) is 9.59 Å². The monoisotopic (exact) mass is 570 g/mol. The normalized spacial score (nSPS) is 13.9. The molecule has 1 fully saturated rings. The van der Waals surface area contributed by atoms with E-state index in [0.29, 0.717) is 64.0 Å². The Morgan fingerprint density at radius 2 is 1.74 bits per heavy atom. The molecule has 220 valence electrons. The Hall–Kier alpha value is -3.97. The van der Waals surface area contributed by atoms with Crippen molar-refractivity contribution in [1.29, 1.82) is 0 Å². The molecule has 0 bridgehead atoms. The first kappa shape index (κ1) is 29.5. The molecule has 0 saturated carbocycles. The summed E-state index contributed by atoms with van der Waals surface area (Å²) in [6, 6.07) is 17.3. The molecule has 0 unspecified atom stereocenters. The summed E-state index contributed by atoms with van der Waals surface area (Å²) in [5, 5.41) is 6.74. The first-order valence-corrected chi connectivity index (χ1v) is 14.9. The van der Waals surface area contributed by atoms with Gasteiger partial charge in [0.15, 0.2) is 5.78 Å². The highest BCUT2D eigenvalue weighted by Crippen LogP contribution is 2.37. The van der Waals surface area contributed by atoms with Crippen molar-refractivity contribution in [3.05, 3.63) is 77.6 Å². The number of piperidine rings is 1. The molecule has 1 aromatic heterocycles. The van der Waals surface area contributed by atoms with Crippen LogP contribution in [0.1, 0.15) is 66.7 Å². The number of halogens is 1. The molecular weight excluding hydrogens is 531 g/mol. The minimum atomic E-state index is -0.366. The van der Waals surface area contributed by atoms with E-state index in [9.17, 15) is 14.0 Å². The van der Waals surface area contributed by atoms with Crippen LogP contribution in [0.3, 0.4) is 0 Å². The number of hydrogen-bond acceptors (Lipinski definition) is 5. The molecular formula is C35H39FN2O4. The lowest BCUT2D eigenvalue weighted by atomic mass is 9.95. The van der Waals surface area contributed by atoms with Gasteiger partial charge in [0.2, 0.25) is 0 Å². The second kappa shape index (κ2) is 13.3. The summed E-state index contributed by atoms with van der Waals surface area (Å²) in [6.07, 6.45) is 4.57. The number of fused-ring (bicyclic) bond motifs is 1. The van der Waals surface area contributed by atoms with Crippen molar-refractivity contribution in [2.75, 3.05) is 26.7 Å². The number of ether oxygens (including phenoxy) is 1. The third-order valence-corrected chi connectivity index (χ3v) is 8.01. The van der Waals surface area contributed by atoms with Gasteiger partial charge in [0.05, 0.1) is 12.2 Å². The SMILES string of the molecule is CNC(=O)c1c(-c2ccc(F)cc2)oc2ccc(-c3cc(OCCC4CCNCC4)cc(C(=O)CCC(C)C)c3)cc12. The second-order valence-electron chi connectivity index (χ2n) is 11.5. The Balaban J connectivity index is 1.52. The van der Waals surface area contributed by atoms with E-state index in [1.165, 1.54) is 12.1 Å². The Kier molecular flexibility index (Phi) is 9.38. The quantitative estimate of drug-likeness (QED) is 0.181. The van der Waals surface area contributed by atoms with Crippen LogP contribution in [0.25, 0.3) is 33.4 Å². The molecule has 3 aromatic carbocycles. The third kappa shape index (κ3) is 6.90. The van der Waals surface area contributed by atoms with Gasteiger partial charge in [-0.25, -0.2) is 4.39 Å². The maximum absolute atomic E-state index is 13.6. The van der Waals surface area contributed by atoms with E-state index in [1.807, 2.05) is 36.4 Å². The first-order valence-electron chi connectivity index (χ1n) is 14.9. The van der Waals surface area contributed by atoms with E-state index in [1.54, 1.807) is 19.2 Å². The lowest BCUT2D eigenvalue weighted by molar-refractivity contribution is 0.0960. The van der Waals surface area contributed by atoms with E-state index in [-0.39, 0.29) is 17.5 Å². The van der Waals surface area contributed by atoms with Crippen LogP contribution in [-0.2, 0) is 0 Å². The molecule has 1 saturated heterocycles. The van der Waals surface area contributed by atoms with Crippen molar-refractivity contribution in [2.24, 2.45) is 11.8 Å². The average molecular weight is 571 g/mol. The van der Waals surface area contributed by atoms with Crippen LogP contribution in [0.15, 0.2) is 65.1 Å². The number of rotatable bonds is 11. The number of carbonyl (C=O) groups excluding carboxylic acids is 2. The molecule has 0 atom stereocenters. The molecule has 42 heavy (non-hydrogen) atoms. The predicted octanol–water partition coefficient (Wildman–Crippen LogP) is 7.65. The second-order valence-corrected chi connectivity index (χ2v) is 11.5. The van der Waals surface area contributed by atoms with Crippen LogP contribution >= 0.6 is 0 Å².